The summed E-state index contributed by atoms with van der Waals surface area (Å²) in [5, 5.41) is 23.3. The minimum atomic E-state index is -1.33. The van der Waals surface area contributed by atoms with Gasteiger partial charge < -0.3 is 26.8 Å². The first-order valence-corrected chi connectivity index (χ1v) is 2.50. The normalized spacial score (nSPS) is 8.40. The molecule has 6 heteroatoms. The number of primary amides is 1. The second-order valence-electron chi connectivity index (χ2n) is 1.46. The molecule has 0 saturated carbocycles. The van der Waals surface area contributed by atoms with E-state index in [0.717, 1.165) is 0 Å². The fourth-order valence-electron chi connectivity index (χ4n) is 0.0577. The van der Waals surface area contributed by atoms with Gasteiger partial charge in [0, 0.05) is 0 Å². The van der Waals surface area contributed by atoms with E-state index >= 15 is 0 Å². The highest BCUT2D eigenvalue weighted by Gasteiger charge is 1.91. The maximum absolute atomic E-state index is 8.78. The zero-order chi connectivity index (χ0) is 8.57. The lowest BCUT2D eigenvalue weighted by atomic mass is 10.4. The van der Waals surface area contributed by atoms with Crippen molar-refractivity contribution in [1.82, 2.24) is 0 Å². The minimum Gasteiger partial charge on any atom is -0.465 e. The molecule has 0 radical (unpaired) electrons. The fourth-order valence-corrected chi connectivity index (χ4v) is 0.0577. The summed E-state index contributed by atoms with van der Waals surface area (Å²) in [6.45, 7) is -0.285. The van der Waals surface area contributed by atoms with Gasteiger partial charge >= 0.3 is 6.09 Å². The topological polar surface area (TPSA) is 130 Å². The van der Waals surface area contributed by atoms with E-state index in [0.29, 0.717) is 0 Å². The Hall–Kier alpha value is -0.850. The van der Waals surface area contributed by atoms with Crippen molar-refractivity contribution in [3.8, 4) is 0 Å². The smallest absolute Gasteiger partial charge is 0.402 e. The molecule has 0 bridgehead atoms. The van der Waals surface area contributed by atoms with E-state index in [1.54, 1.807) is 0 Å². The number of aliphatic hydroxyl groups is 2. The molecule has 7 N–H and O–H groups in total. The van der Waals surface area contributed by atoms with Crippen molar-refractivity contribution in [3.63, 3.8) is 0 Å². The number of aliphatic hydroxyl groups excluding tert-OH is 2. The molecule has 0 heterocycles. The van der Waals surface area contributed by atoms with Gasteiger partial charge in [-0.3, -0.25) is 0 Å². The van der Waals surface area contributed by atoms with Crippen LogP contribution in [0.25, 0.3) is 0 Å². The molecule has 0 aliphatic rings. The third-order valence-corrected chi connectivity index (χ3v) is 0.469. The highest BCUT2D eigenvalue weighted by Crippen LogP contribution is 1.66. The van der Waals surface area contributed by atoms with E-state index in [9.17, 15) is 0 Å². The van der Waals surface area contributed by atoms with Crippen molar-refractivity contribution in [3.05, 3.63) is 0 Å². The van der Waals surface area contributed by atoms with Crippen LogP contribution in [0.4, 0.5) is 4.79 Å². The molecule has 62 valence electrons. The second kappa shape index (κ2) is 8.15. The molecule has 0 aromatic carbocycles. The molecule has 0 rings (SSSR count). The van der Waals surface area contributed by atoms with Crippen LogP contribution in [0.1, 0.15) is 0 Å². The Morgan fingerprint density at radius 1 is 1.40 bits per heavy atom. The lowest BCUT2D eigenvalue weighted by molar-refractivity contribution is 0.194. The SMILES string of the molecule is NC(=O)O.NC(CO)CO. The molecule has 0 saturated heterocycles. The molecule has 10 heavy (non-hydrogen) atoms. The van der Waals surface area contributed by atoms with Crippen molar-refractivity contribution in [1.29, 1.82) is 0 Å². The molecule has 0 spiro atoms. The molecule has 0 aliphatic carbocycles. The van der Waals surface area contributed by atoms with E-state index in [1.807, 2.05) is 0 Å². The van der Waals surface area contributed by atoms with Gasteiger partial charge in [0.25, 0.3) is 0 Å². The third kappa shape index (κ3) is 27.3. The summed E-state index contributed by atoms with van der Waals surface area (Å²) in [4.78, 5) is 8.78. The summed E-state index contributed by atoms with van der Waals surface area (Å²) >= 11 is 0. The molecular formula is C4H12N2O4. The molecule has 0 atom stereocenters. The van der Waals surface area contributed by atoms with Gasteiger partial charge in [-0.15, -0.1) is 0 Å². The Balaban J connectivity index is 0. The van der Waals surface area contributed by atoms with Crippen LogP contribution in [0.2, 0.25) is 0 Å². The van der Waals surface area contributed by atoms with E-state index < -0.39 is 12.1 Å². The van der Waals surface area contributed by atoms with E-state index in [2.05, 4.69) is 5.73 Å². The van der Waals surface area contributed by atoms with E-state index in [-0.39, 0.29) is 13.2 Å². The van der Waals surface area contributed by atoms with Gasteiger partial charge in [0.15, 0.2) is 0 Å². The van der Waals surface area contributed by atoms with E-state index in [1.165, 1.54) is 0 Å². The average molecular weight is 152 g/mol. The van der Waals surface area contributed by atoms with Crippen molar-refractivity contribution in [2.24, 2.45) is 11.5 Å². The molecule has 0 aromatic rings. The van der Waals surface area contributed by atoms with Gasteiger partial charge in [-0.25, -0.2) is 4.79 Å². The van der Waals surface area contributed by atoms with Gasteiger partial charge in [-0.05, 0) is 0 Å². The number of nitrogens with two attached hydrogens (primary N) is 2. The zero-order valence-corrected chi connectivity index (χ0v) is 5.40. The van der Waals surface area contributed by atoms with Gasteiger partial charge in [-0.1, -0.05) is 0 Å². The van der Waals surface area contributed by atoms with Crippen LogP contribution in [-0.2, 0) is 0 Å². The largest absolute Gasteiger partial charge is 0.465 e. The maximum Gasteiger partial charge on any atom is 0.402 e. The Morgan fingerprint density at radius 2 is 1.60 bits per heavy atom. The maximum atomic E-state index is 8.78. The van der Waals surface area contributed by atoms with Crippen LogP contribution in [0, 0.1) is 0 Å². The average Bonchev–Trinajstić information content (AvgIpc) is 1.85. The van der Waals surface area contributed by atoms with Gasteiger partial charge in [0.2, 0.25) is 0 Å². The van der Waals surface area contributed by atoms with Crippen molar-refractivity contribution >= 4 is 6.09 Å². The predicted molar refractivity (Wildman–Crippen MR) is 34.4 cm³/mol. The molecule has 1 amide bonds. The number of carboxylic acid groups (broad SMARTS) is 1. The van der Waals surface area contributed by atoms with Crippen molar-refractivity contribution in [2.45, 2.75) is 6.04 Å². The highest BCUT2D eigenvalue weighted by atomic mass is 16.4. The molecule has 0 aromatic heterocycles. The quantitative estimate of drug-likeness (QED) is 0.310. The minimum absolute atomic E-state index is 0.142. The lowest BCUT2D eigenvalue weighted by Gasteiger charge is -1.98. The molecule has 0 aliphatic heterocycles. The van der Waals surface area contributed by atoms with Crippen LogP contribution in [0.3, 0.4) is 0 Å². The van der Waals surface area contributed by atoms with Crippen LogP contribution >= 0.6 is 0 Å². The summed E-state index contributed by atoms with van der Waals surface area (Å²) in [5.74, 6) is 0. The standard InChI is InChI=1S/C3H9NO2.CH3NO2/c4-3(1-5)2-6;2-1(3)4/h3,5-6H,1-2,4H2;2H2,(H,3,4). The summed E-state index contributed by atoms with van der Waals surface area (Å²) in [7, 11) is 0. The first-order chi connectivity index (χ1) is 4.54. The molecule has 0 unspecified atom stereocenters. The Kier molecular flexibility index (Phi) is 9.69. The van der Waals surface area contributed by atoms with Crippen LogP contribution in [0.5, 0.6) is 0 Å². The summed E-state index contributed by atoms with van der Waals surface area (Å²) < 4.78 is 0. The molecular weight excluding hydrogens is 140 g/mol. The highest BCUT2D eigenvalue weighted by molar-refractivity contribution is 5.61. The Labute approximate surface area is 58.1 Å². The van der Waals surface area contributed by atoms with Gasteiger partial charge in [-0.2, -0.15) is 0 Å². The van der Waals surface area contributed by atoms with Crippen molar-refractivity contribution in [2.75, 3.05) is 13.2 Å². The predicted octanol–water partition coefficient (Wildman–Crippen LogP) is -2.08. The number of carbonyl (C=O) groups is 1. The molecule has 6 nitrogen and oxygen atoms in total. The van der Waals surface area contributed by atoms with Crippen LogP contribution < -0.4 is 11.5 Å². The Bertz CT molecular complexity index is 79.3. The van der Waals surface area contributed by atoms with Gasteiger partial charge in [0.1, 0.15) is 0 Å². The van der Waals surface area contributed by atoms with E-state index in [4.69, 9.17) is 25.8 Å². The first kappa shape index (κ1) is 11.9. The third-order valence-electron chi connectivity index (χ3n) is 0.469. The van der Waals surface area contributed by atoms with Gasteiger partial charge in [0.05, 0.1) is 19.3 Å². The summed E-state index contributed by atoms with van der Waals surface area (Å²) in [6, 6.07) is -0.454. The number of rotatable bonds is 2. The Morgan fingerprint density at radius 3 is 1.60 bits per heavy atom. The number of amides is 1. The monoisotopic (exact) mass is 152 g/mol. The second-order valence-corrected chi connectivity index (χ2v) is 1.46. The van der Waals surface area contributed by atoms with Crippen LogP contribution in [-0.4, -0.2) is 40.7 Å². The van der Waals surface area contributed by atoms with Crippen LogP contribution in [0.15, 0.2) is 0 Å². The first-order valence-electron chi connectivity index (χ1n) is 2.50. The fraction of sp³-hybridized carbons (Fsp3) is 0.750. The van der Waals surface area contributed by atoms with Crippen molar-refractivity contribution < 1.29 is 20.1 Å². The number of hydrogen-bond donors (Lipinski definition) is 5. The summed E-state index contributed by atoms with van der Waals surface area (Å²) in [6.07, 6.45) is -1.33. The lowest BCUT2D eigenvalue weighted by Crippen LogP contribution is -2.27. The number of hydrogen-bond acceptors (Lipinski definition) is 4. The zero-order valence-electron chi connectivity index (χ0n) is 5.40. The molecule has 0 fully saturated rings. The summed E-state index contributed by atoms with van der Waals surface area (Å²) in [5.41, 5.74) is 9.00.